The first kappa shape index (κ1) is 15.7. The Morgan fingerprint density at radius 3 is 2.43 bits per heavy atom. The van der Waals surface area contributed by atoms with Crippen LogP contribution in [0.1, 0.15) is 49.4 Å². The van der Waals surface area contributed by atoms with E-state index >= 15 is 0 Å². The van der Waals surface area contributed by atoms with E-state index < -0.39 is 17.5 Å². The summed E-state index contributed by atoms with van der Waals surface area (Å²) < 4.78 is 26.7. The van der Waals surface area contributed by atoms with E-state index in [0.29, 0.717) is 18.5 Å². The summed E-state index contributed by atoms with van der Waals surface area (Å²) in [4.78, 5) is 12.0. The van der Waals surface area contributed by atoms with Crippen molar-refractivity contribution in [1.82, 2.24) is 5.32 Å². The molecule has 2 rings (SSSR count). The molecule has 0 aliphatic heterocycles. The van der Waals surface area contributed by atoms with Crippen LogP contribution in [0, 0.1) is 23.5 Å². The minimum Gasteiger partial charge on any atom is -0.396 e. The van der Waals surface area contributed by atoms with Gasteiger partial charge in [0.1, 0.15) is 11.6 Å². The predicted molar refractivity (Wildman–Crippen MR) is 78.8 cm³/mol. The van der Waals surface area contributed by atoms with Gasteiger partial charge in [-0.1, -0.05) is 26.2 Å². The van der Waals surface area contributed by atoms with Crippen LogP contribution in [0.4, 0.5) is 14.5 Å². The molecular weight excluding hydrogens is 274 g/mol. The number of nitrogens with two attached hydrogens (primary N) is 1. The molecule has 21 heavy (non-hydrogen) atoms. The Morgan fingerprint density at radius 2 is 1.81 bits per heavy atom. The van der Waals surface area contributed by atoms with Crippen molar-refractivity contribution in [2.75, 3.05) is 12.3 Å². The van der Waals surface area contributed by atoms with Crippen molar-refractivity contribution in [3.05, 3.63) is 29.3 Å². The predicted octanol–water partition coefficient (Wildman–Crippen LogP) is 3.49. The highest BCUT2D eigenvalue weighted by Crippen LogP contribution is 2.30. The van der Waals surface area contributed by atoms with Gasteiger partial charge in [-0.05, 0) is 30.7 Å². The van der Waals surface area contributed by atoms with Crippen LogP contribution >= 0.6 is 0 Å². The van der Waals surface area contributed by atoms with E-state index in [9.17, 15) is 13.6 Å². The summed E-state index contributed by atoms with van der Waals surface area (Å²) in [5.74, 6) is -1.02. The Labute approximate surface area is 123 Å². The number of rotatable bonds is 4. The topological polar surface area (TPSA) is 55.1 Å². The molecule has 0 bridgehead atoms. The standard InChI is InChI=1S/C16H22F2N2O/c1-2-10-3-5-11(6-4-10)9-20-16(21)12-7-15(19)14(18)8-13(12)17/h7-8,10-11H,2-6,9,19H2,1H3,(H,20,21). The zero-order chi connectivity index (χ0) is 15.4. The largest absolute Gasteiger partial charge is 0.396 e. The molecule has 1 aliphatic rings. The highest BCUT2D eigenvalue weighted by Gasteiger charge is 2.21. The van der Waals surface area contributed by atoms with Crippen molar-refractivity contribution in [3.63, 3.8) is 0 Å². The minimum atomic E-state index is -0.881. The van der Waals surface area contributed by atoms with Gasteiger partial charge in [0.05, 0.1) is 11.3 Å². The summed E-state index contributed by atoms with van der Waals surface area (Å²) in [5.41, 5.74) is 4.96. The molecule has 0 atom stereocenters. The fourth-order valence-corrected chi connectivity index (χ4v) is 2.92. The third-order valence-electron chi connectivity index (χ3n) is 4.43. The van der Waals surface area contributed by atoms with E-state index in [2.05, 4.69) is 12.2 Å². The summed E-state index contributed by atoms with van der Waals surface area (Å²) in [7, 11) is 0. The molecule has 5 heteroatoms. The van der Waals surface area contributed by atoms with Gasteiger partial charge in [-0.15, -0.1) is 0 Å². The highest BCUT2D eigenvalue weighted by atomic mass is 19.1. The summed E-state index contributed by atoms with van der Waals surface area (Å²) in [6.45, 7) is 2.74. The molecule has 1 amide bonds. The second-order valence-electron chi connectivity index (χ2n) is 5.86. The van der Waals surface area contributed by atoms with Crippen LogP contribution < -0.4 is 11.1 Å². The van der Waals surface area contributed by atoms with Crippen molar-refractivity contribution in [2.45, 2.75) is 39.0 Å². The Bertz CT molecular complexity index is 511. The van der Waals surface area contributed by atoms with Gasteiger partial charge in [-0.2, -0.15) is 0 Å². The molecule has 0 saturated heterocycles. The maximum absolute atomic E-state index is 13.6. The first-order valence-electron chi connectivity index (χ1n) is 7.54. The number of nitrogen functional groups attached to an aromatic ring is 1. The number of hydrogen-bond donors (Lipinski definition) is 2. The van der Waals surface area contributed by atoms with Crippen LogP contribution in [0.2, 0.25) is 0 Å². The average molecular weight is 296 g/mol. The summed E-state index contributed by atoms with van der Waals surface area (Å²) in [6, 6.07) is 1.70. The molecule has 1 fully saturated rings. The van der Waals surface area contributed by atoms with E-state index in [1.807, 2.05) is 0 Å². The van der Waals surface area contributed by atoms with Crippen LogP contribution in [-0.2, 0) is 0 Å². The van der Waals surface area contributed by atoms with Gasteiger partial charge in [0.15, 0.2) is 0 Å². The average Bonchev–Trinajstić information content (AvgIpc) is 2.49. The Hall–Kier alpha value is -1.65. The number of anilines is 1. The number of amides is 1. The zero-order valence-electron chi connectivity index (χ0n) is 12.3. The van der Waals surface area contributed by atoms with E-state index in [-0.39, 0.29) is 11.3 Å². The maximum atomic E-state index is 13.6. The second-order valence-corrected chi connectivity index (χ2v) is 5.86. The molecule has 116 valence electrons. The molecule has 1 aliphatic carbocycles. The second kappa shape index (κ2) is 6.87. The molecule has 0 aromatic heterocycles. The normalized spacial score (nSPS) is 22.0. The highest BCUT2D eigenvalue weighted by molar-refractivity contribution is 5.95. The summed E-state index contributed by atoms with van der Waals surface area (Å²) in [5, 5.41) is 2.73. The lowest BCUT2D eigenvalue weighted by Gasteiger charge is -2.27. The SMILES string of the molecule is CCC1CCC(CNC(=O)c2cc(N)c(F)cc2F)CC1. The Balaban J connectivity index is 1.89. The van der Waals surface area contributed by atoms with Gasteiger partial charge < -0.3 is 11.1 Å². The van der Waals surface area contributed by atoms with Crippen molar-refractivity contribution in [2.24, 2.45) is 11.8 Å². The molecule has 3 nitrogen and oxygen atoms in total. The van der Waals surface area contributed by atoms with Gasteiger partial charge in [0.2, 0.25) is 0 Å². The van der Waals surface area contributed by atoms with Crippen LogP contribution in [0.5, 0.6) is 0 Å². The molecule has 0 unspecified atom stereocenters. The van der Waals surface area contributed by atoms with E-state index in [1.165, 1.54) is 19.3 Å². The van der Waals surface area contributed by atoms with Gasteiger partial charge in [-0.3, -0.25) is 4.79 Å². The monoisotopic (exact) mass is 296 g/mol. The lowest BCUT2D eigenvalue weighted by molar-refractivity contribution is 0.0937. The lowest BCUT2D eigenvalue weighted by Crippen LogP contribution is -2.31. The Kier molecular flexibility index (Phi) is 5.15. The quantitative estimate of drug-likeness (QED) is 0.836. The molecule has 0 spiro atoms. The smallest absolute Gasteiger partial charge is 0.254 e. The molecule has 0 heterocycles. The third kappa shape index (κ3) is 3.93. The molecule has 3 N–H and O–H groups in total. The van der Waals surface area contributed by atoms with Gasteiger partial charge in [-0.25, -0.2) is 8.78 Å². The summed E-state index contributed by atoms with van der Waals surface area (Å²) in [6.07, 6.45) is 5.77. The van der Waals surface area contributed by atoms with Crippen molar-refractivity contribution >= 4 is 11.6 Å². The zero-order valence-corrected chi connectivity index (χ0v) is 12.3. The molecule has 0 radical (unpaired) electrons. The minimum absolute atomic E-state index is 0.198. The number of nitrogens with one attached hydrogen (secondary N) is 1. The lowest BCUT2D eigenvalue weighted by atomic mass is 9.81. The van der Waals surface area contributed by atoms with E-state index in [1.54, 1.807) is 0 Å². The third-order valence-corrected chi connectivity index (χ3v) is 4.43. The number of carbonyl (C=O) groups excluding carboxylic acids is 1. The molecular formula is C16H22F2N2O. The fourth-order valence-electron chi connectivity index (χ4n) is 2.92. The number of benzene rings is 1. The molecule has 1 saturated carbocycles. The number of carbonyl (C=O) groups is 1. The van der Waals surface area contributed by atoms with Crippen LogP contribution in [0.15, 0.2) is 12.1 Å². The van der Waals surface area contributed by atoms with Gasteiger partial charge >= 0.3 is 0 Å². The van der Waals surface area contributed by atoms with E-state index in [0.717, 1.165) is 24.8 Å². The number of hydrogen-bond acceptors (Lipinski definition) is 2. The van der Waals surface area contributed by atoms with Gasteiger partial charge in [0.25, 0.3) is 5.91 Å². The van der Waals surface area contributed by atoms with Crippen molar-refractivity contribution in [3.8, 4) is 0 Å². The number of halogens is 2. The van der Waals surface area contributed by atoms with Crippen molar-refractivity contribution in [1.29, 1.82) is 0 Å². The van der Waals surface area contributed by atoms with Crippen molar-refractivity contribution < 1.29 is 13.6 Å². The van der Waals surface area contributed by atoms with Crippen LogP contribution in [0.3, 0.4) is 0 Å². The van der Waals surface area contributed by atoms with Crippen LogP contribution in [-0.4, -0.2) is 12.5 Å². The molecule has 1 aromatic rings. The van der Waals surface area contributed by atoms with E-state index in [4.69, 9.17) is 5.73 Å². The first-order valence-corrected chi connectivity index (χ1v) is 7.54. The first-order chi connectivity index (χ1) is 10.0. The van der Waals surface area contributed by atoms with Gasteiger partial charge in [0, 0.05) is 12.6 Å². The maximum Gasteiger partial charge on any atom is 0.254 e. The Morgan fingerprint density at radius 1 is 1.19 bits per heavy atom. The fraction of sp³-hybridized carbons (Fsp3) is 0.562. The molecule has 1 aromatic carbocycles. The summed E-state index contributed by atoms with van der Waals surface area (Å²) >= 11 is 0. The van der Waals surface area contributed by atoms with Crippen LogP contribution in [0.25, 0.3) is 0 Å².